The van der Waals surface area contributed by atoms with Gasteiger partial charge in [0.15, 0.2) is 0 Å². The van der Waals surface area contributed by atoms with E-state index in [-0.39, 0.29) is 21.7 Å². The smallest absolute Gasteiger partial charge is 0.416 e. The molecule has 3 nitrogen and oxygen atoms in total. The molecule has 35 heavy (non-hydrogen) atoms. The molecule has 2 aromatic carbocycles. The first-order valence-corrected chi connectivity index (χ1v) is 14.7. The minimum absolute atomic E-state index is 0.00320. The van der Waals surface area contributed by atoms with Crippen molar-refractivity contribution in [1.29, 1.82) is 0 Å². The molecule has 0 spiro atoms. The number of hydrogen-bond donors (Lipinski definition) is 0. The molecule has 0 fully saturated rings. The highest BCUT2D eigenvalue weighted by Crippen LogP contribution is 2.52. The average Bonchev–Trinajstić information content (AvgIpc) is 2.60. The van der Waals surface area contributed by atoms with Crippen molar-refractivity contribution in [3.8, 4) is 11.5 Å². The minimum Gasteiger partial charge on any atom is -0.416 e. The van der Waals surface area contributed by atoms with Crippen molar-refractivity contribution in [2.45, 2.75) is 119 Å². The van der Waals surface area contributed by atoms with Crippen LogP contribution in [-0.4, -0.2) is 6.66 Å². The van der Waals surface area contributed by atoms with Gasteiger partial charge >= 0.3 is 7.60 Å². The van der Waals surface area contributed by atoms with Gasteiger partial charge in [-0.1, -0.05) is 107 Å². The second kappa shape index (κ2) is 9.29. The molecule has 4 heteroatoms. The third-order valence-corrected chi connectivity index (χ3v) is 7.44. The summed E-state index contributed by atoms with van der Waals surface area (Å²) in [6.45, 7) is 31.9. The molecule has 196 valence electrons. The fourth-order valence-electron chi connectivity index (χ4n) is 4.12. The van der Waals surface area contributed by atoms with E-state index in [1.165, 1.54) is 11.1 Å². The lowest BCUT2D eigenvalue weighted by atomic mass is 9.79. The fraction of sp³-hybridized carbons (Fsp3) is 0.613. The molecule has 0 saturated heterocycles. The Morgan fingerprint density at radius 2 is 0.829 bits per heavy atom. The summed E-state index contributed by atoms with van der Waals surface area (Å²) in [6.07, 6.45) is 0. The highest BCUT2D eigenvalue weighted by molar-refractivity contribution is 7.53. The number of benzene rings is 2. The highest BCUT2D eigenvalue weighted by Gasteiger charge is 2.32. The molecule has 0 aliphatic rings. The molecule has 2 rings (SSSR count). The molecule has 0 saturated carbocycles. The lowest BCUT2D eigenvalue weighted by Crippen LogP contribution is -2.20. The quantitative estimate of drug-likeness (QED) is 0.392. The van der Waals surface area contributed by atoms with E-state index in [1.807, 2.05) is 13.8 Å². The van der Waals surface area contributed by atoms with Crippen molar-refractivity contribution in [1.82, 2.24) is 0 Å². The van der Waals surface area contributed by atoms with Crippen molar-refractivity contribution in [2.24, 2.45) is 0 Å². The molecular formula is C31H49O3P. The van der Waals surface area contributed by atoms with Crippen LogP contribution in [-0.2, 0) is 26.2 Å². The van der Waals surface area contributed by atoms with Crippen LogP contribution in [0.4, 0.5) is 0 Å². The molecule has 0 heterocycles. The van der Waals surface area contributed by atoms with Gasteiger partial charge in [0.25, 0.3) is 0 Å². The summed E-state index contributed by atoms with van der Waals surface area (Å²) in [5.41, 5.74) is 6.17. The van der Waals surface area contributed by atoms with Crippen molar-refractivity contribution in [3.63, 3.8) is 0 Å². The maximum Gasteiger partial charge on any atom is 0.427 e. The third kappa shape index (κ3) is 7.16. The van der Waals surface area contributed by atoms with E-state index in [2.05, 4.69) is 107 Å². The van der Waals surface area contributed by atoms with Crippen LogP contribution in [0.5, 0.6) is 11.5 Å². The number of aryl methyl sites for hydroxylation is 2. The normalized spacial score (nSPS) is 13.7. The Morgan fingerprint density at radius 3 is 1.06 bits per heavy atom. The molecular weight excluding hydrogens is 451 g/mol. The van der Waals surface area contributed by atoms with E-state index in [0.717, 1.165) is 22.3 Å². The Kier molecular flexibility index (Phi) is 7.83. The minimum atomic E-state index is -3.49. The molecule has 2 aromatic rings. The Hall–Kier alpha value is -1.73. The van der Waals surface area contributed by atoms with Crippen LogP contribution in [0, 0.1) is 13.8 Å². The zero-order valence-electron chi connectivity index (χ0n) is 25.0. The molecule has 0 amide bonds. The van der Waals surface area contributed by atoms with Crippen LogP contribution in [0.25, 0.3) is 0 Å². The summed E-state index contributed by atoms with van der Waals surface area (Å²) >= 11 is 0. The number of rotatable bonds is 4. The van der Waals surface area contributed by atoms with Crippen molar-refractivity contribution < 1.29 is 13.6 Å². The van der Waals surface area contributed by atoms with E-state index in [1.54, 1.807) is 6.66 Å². The first-order chi connectivity index (χ1) is 15.4. The van der Waals surface area contributed by atoms with Gasteiger partial charge in [0.05, 0.1) is 6.66 Å². The summed E-state index contributed by atoms with van der Waals surface area (Å²) in [6, 6.07) is 8.70. The Labute approximate surface area is 215 Å². The van der Waals surface area contributed by atoms with Crippen LogP contribution in [0.3, 0.4) is 0 Å². The van der Waals surface area contributed by atoms with E-state index < -0.39 is 7.60 Å². The second-order valence-electron chi connectivity index (χ2n) is 14.3. The summed E-state index contributed by atoms with van der Waals surface area (Å²) in [4.78, 5) is 0. The van der Waals surface area contributed by atoms with Crippen molar-refractivity contribution in [2.75, 3.05) is 6.66 Å². The second-order valence-corrected chi connectivity index (χ2v) is 16.2. The van der Waals surface area contributed by atoms with Gasteiger partial charge in [-0.15, -0.1) is 0 Å². The van der Waals surface area contributed by atoms with E-state index in [0.29, 0.717) is 11.5 Å². The third-order valence-electron chi connectivity index (χ3n) is 6.41. The predicted octanol–water partition coefficient (Wildman–Crippen LogP) is 9.77. The van der Waals surface area contributed by atoms with Crippen LogP contribution in [0.1, 0.15) is 116 Å². The first kappa shape index (κ1) is 29.5. The van der Waals surface area contributed by atoms with E-state index in [4.69, 9.17) is 9.05 Å². The van der Waals surface area contributed by atoms with Crippen LogP contribution in [0.15, 0.2) is 24.3 Å². The highest BCUT2D eigenvalue weighted by atomic mass is 31.2. The maximum absolute atomic E-state index is 13.9. The van der Waals surface area contributed by atoms with Gasteiger partial charge in [-0.3, -0.25) is 0 Å². The summed E-state index contributed by atoms with van der Waals surface area (Å²) in [7, 11) is -3.49. The molecule has 0 radical (unpaired) electrons. The van der Waals surface area contributed by atoms with Gasteiger partial charge < -0.3 is 9.05 Å². The Balaban J connectivity index is 2.62. The summed E-state index contributed by atoms with van der Waals surface area (Å²) in [5.74, 6) is 1.33. The van der Waals surface area contributed by atoms with Crippen LogP contribution >= 0.6 is 7.60 Å². The fourth-order valence-corrected chi connectivity index (χ4v) is 5.31. The molecule has 0 aliphatic carbocycles. The molecule has 0 aromatic heterocycles. The van der Waals surface area contributed by atoms with Gasteiger partial charge in [0.2, 0.25) is 0 Å². The lowest BCUT2D eigenvalue weighted by Gasteiger charge is -2.31. The summed E-state index contributed by atoms with van der Waals surface area (Å²) < 4.78 is 26.6. The van der Waals surface area contributed by atoms with Crippen LogP contribution in [0.2, 0.25) is 0 Å². The summed E-state index contributed by atoms with van der Waals surface area (Å²) in [5, 5.41) is 0. The molecule has 0 aliphatic heterocycles. The predicted molar refractivity (Wildman–Crippen MR) is 152 cm³/mol. The molecule has 0 bridgehead atoms. The average molecular weight is 501 g/mol. The molecule has 0 unspecified atom stereocenters. The standard InChI is InChI=1S/C31H49O3P/c1-20-16-22(28(3,4)5)18-24(30(9,10)11)26(20)33-35(15,32)34-27-21(2)17-23(29(6,7)8)19-25(27)31(12,13)14/h16-19H,1-15H3. The lowest BCUT2D eigenvalue weighted by molar-refractivity contribution is 0.379. The zero-order valence-corrected chi connectivity index (χ0v) is 25.9. The van der Waals surface area contributed by atoms with Crippen molar-refractivity contribution >= 4 is 7.60 Å². The van der Waals surface area contributed by atoms with Gasteiger partial charge in [0.1, 0.15) is 11.5 Å². The van der Waals surface area contributed by atoms with Gasteiger partial charge in [-0.2, -0.15) is 0 Å². The van der Waals surface area contributed by atoms with Crippen molar-refractivity contribution in [3.05, 3.63) is 57.6 Å². The monoisotopic (exact) mass is 500 g/mol. The van der Waals surface area contributed by atoms with Crippen LogP contribution < -0.4 is 9.05 Å². The largest absolute Gasteiger partial charge is 0.427 e. The van der Waals surface area contributed by atoms with Gasteiger partial charge in [-0.25, -0.2) is 4.57 Å². The maximum atomic E-state index is 13.9. The molecule has 0 atom stereocenters. The van der Waals surface area contributed by atoms with E-state index in [9.17, 15) is 4.57 Å². The SMILES string of the molecule is Cc1cc(C(C)(C)C)cc(C(C)(C)C)c1OP(C)(=O)Oc1c(C)cc(C(C)(C)C)cc1C(C)(C)C. The topological polar surface area (TPSA) is 35.5 Å². The number of hydrogen-bond acceptors (Lipinski definition) is 3. The van der Waals surface area contributed by atoms with E-state index >= 15 is 0 Å². The van der Waals surface area contributed by atoms with Gasteiger partial charge in [-0.05, 0) is 57.8 Å². The first-order valence-electron chi connectivity index (χ1n) is 12.7. The van der Waals surface area contributed by atoms with Gasteiger partial charge in [0, 0.05) is 11.1 Å². The molecule has 0 N–H and O–H groups in total. The Morgan fingerprint density at radius 1 is 0.543 bits per heavy atom. The Bertz CT molecular complexity index is 1040. The zero-order chi connectivity index (χ0) is 27.4.